The van der Waals surface area contributed by atoms with Crippen molar-refractivity contribution in [3.05, 3.63) is 35.5 Å². The van der Waals surface area contributed by atoms with E-state index in [2.05, 4.69) is 20.6 Å². The summed E-state index contributed by atoms with van der Waals surface area (Å²) in [4.78, 5) is 31.2. The lowest BCUT2D eigenvalue weighted by atomic mass is 10.2. The summed E-state index contributed by atoms with van der Waals surface area (Å²) >= 11 is 1.34. The first-order chi connectivity index (χ1) is 12.6. The molecule has 0 radical (unpaired) electrons. The Balaban J connectivity index is 1.63. The summed E-state index contributed by atoms with van der Waals surface area (Å²) in [7, 11) is 3.12. The van der Waals surface area contributed by atoms with Crippen LogP contribution in [0.5, 0.6) is 11.5 Å². The van der Waals surface area contributed by atoms with Gasteiger partial charge < -0.3 is 25.1 Å². The molecule has 26 heavy (non-hydrogen) atoms. The second-order valence-corrected chi connectivity index (χ2v) is 6.23. The Morgan fingerprint density at radius 1 is 1.23 bits per heavy atom. The van der Waals surface area contributed by atoms with Crippen LogP contribution in [-0.4, -0.2) is 42.5 Å². The van der Waals surface area contributed by atoms with Gasteiger partial charge in [-0.1, -0.05) is 0 Å². The van der Waals surface area contributed by atoms with Gasteiger partial charge in [0.15, 0.2) is 5.13 Å². The van der Waals surface area contributed by atoms with E-state index in [0.29, 0.717) is 27.8 Å². The number of hydrogen-bond acceptors (Lipinski definition) is 6. The number of fused-ring (bicyclic) bond motifs is 1. The summed E-state index contributed by atoms with van der Waals surface area (Å²) in [6.07, 6.45) is 1.76. The monoisotopic (exact) mass is 374 g/mol. The Bertz CT molecular complexity index is 879. The van der Waals surface area contributed by atoms with Gasteiger partial charge in [0.1, 0.15) is 17.2 Å². The highest BCUT2D eigenvalue weighted by Gasteiger charge is 2.15. The molecule has 0 fully saturated rings. The van der Waals surface area contributed by atoms with E-state index in [9.17, 15) is 9.59 Å². The predicted molar refractivity (Wildman–Crippen MR) is 99.1 cm³/mol. The number of aromatic nitrogens is 2. The number of rotatable bonds is 7. The molecule has 0 saturated carbocycles. The molecular formula is C17H18N4O4S. The Morgan fingerprint density at radius 2 is 2.00 bits per heavy atom. The number of H-pyrrole nitrogens is 1. The number of carbonyl (C=O) groups excluding carboxylic acids is 2. The molecule has 8 nitrogen and oxygen atoms in total. The fourth-order valence-electron chi connectivity index (χ4n) is 2.49. The molecule has 136 valence electrons. The molecule has 0 saturated heterocycles. The van der Waals surface area contributed by atoms with E-state index in [-0.39, 0.29) is 24.8 Å². The van der Waals surface area contributed by atoms with Gasteiger partial charge in [-0.15, -0.1) is 11.3 Å². The number of methoxy groups -OCH3 is 2. The highest BCUT2D eigenvalue weighted by Crippen LogP contribution is 2.33. The molecule has 0 unspecified atom stereocenters. The first-order valence-corrected chi connectivity index (χ1v) is 8.71. The summed E-state index contributed by atoms with van der Waals surface area (Å²) in [5.74, 6) is 0.731. The number of carbonyl (C=O) groups is 2. The lowest BCUT2D eigenvalue weighted by Gasteiger charge is -2.05. The molecule has 0 aliphatic heterocycles. The zero-order valence-corrected chi connectivity index (χ0v) is 15.1. The molecule has 2 amide bonds. The summed E-state index contributed by atoms with van der Waals surface area (Å²) in [5.41, 5.74) is 1.04. The molecule has 0 aliphatic rings. The van der Waals surface area contributed by atoms with Crippen molar-refractivity contribution in [1.29, 1.82) is 0 Å². The van der Waals surface area contributed by atoms with E-state index in [0.717, 1.165) is 5.39 Å². The van der Waals surface area contributed by atoms with Crippen LogP contribution in [0.4, 0.5) is 5.13 Å². The van der Waals surface area contributed by atoms with E-state index >= 15 is 0 Å². The molecule has 2 heterocycles. The van der Waals surface area contributed by atoms with Gasteiger partial charge in [0.25, 0.3) is 5.91 Å². The summed E-state index contributed by atoms with van der Waals surface area (Å²) < 4.78 is 10.6. The number of anilines is 1. The molecule has 9 heteroatoms. The third kappa shape index (κ3) is 3.77. The zero-order valence-electron chi connectivity index (χ0n) is 14.3. The van der Waals surface area contributed by atoms with Gasteiger partial charge in [0.05, 0.1) is 19.7 Å². The molecule has 0 spiro atoms. The summed E-state index contributed by atoms with van der Waals surface area (Å²) in [6, 6.07) is 5.24. The average Bonchev–Trinajstić information content (AvgIpc) is 3.30. The third-order valence-corrected chi connectivity index (χ3v) is 4.40. The SMILES string of the molecule is COc1ccc(OC)c2[nH]c(C(=O)NCCC(=O)Nc3nccs3)cc12. The van der Waals surface area contributed by atoms with Crippen molar-refractivity contribution < 1.29 is 19.1 Å². The van der Waals surface area contributed by atoms with Crippen LogP contribution < -0.4 is 20.1 Å². The lowest BCUT2D eigenvalue weighted by molar-refractivity contribution is -0.116. The minimum atomic E-state index is -0.313. The maximum Gasteiger partial charge on any atom is 0.267 e. The molecule has 3 rings (SSSR count). The fraction of sp³-hybridized carbons (Fsp3) is 0.235. The van der Waals surface area contributed by atoms with Crippen LogP contribution in [0.2, 0.25) is 0 Å². The molecule has 3 aromatic rings. The number of thiazole rings is 1. The van der Waals surface area contributed by atoms with Gasteiger partial charge in [-0.05, 0) is 18.2 Å². The number of nitrogens with zero attached hydrogens (tertiary/aromatic N) is 1. The van der Waals surface area contributed by atoms with Crippen molar-refractivity contribution in [2.24, 2.45) is 0 Å². The van der Waals surface area contributed by atoms with Crippen LogP contribution in [0.3, 0.4) is 0 Å². The molecular weight excluding hydrogens is 356 g/mol. The normalized spacial score (nSPS) is 10.5. The highest BCUT2D eigenvalue weighted by molar-refractivity contribution is 7.13. The summed E-state index contributed by atoms with van der Waals surface area (Å²) in [6.45, 7) is 0.208. The van der Waals surface area contributed by atoms with E-state index in [1.165, 1.54) is 11.3 Å². The van der Waals surface area contributed by atoms with E-state index in [1.54, 1.807) is 44.0 Å². The molecule has 0 atom stereocenters. The topological polar surface area (TPSA) is 105 Å². The Kier molecular flexibility index (Phi) is 5.37. The molecule has 3 N–H and O–H groups in total. The maximum absolute atomic E-state index is 12.3. The number of hydrogen-bond donors (Lipinski definition) is 3. The van der Waals surface area contributed by atoms with Gasteiger partial charge in [-0.25, -0.2) is 4.98 Å². The quantitative estimate of drug-likeness (QED) is 0.589. The number of ether oxygens (including phenoxy) is 2. The van der Waals surface area contributed by atoms with Crippen molar-refractivity contribution in [3.63, 3.8) is 0 Å². The molecule has 0 bridgehead atoms. The van der Waals surface area contributed by atoms with Crippen LogP contribution in [0.1, 0.15) is 16.9 Å². The number of amides is 2. The van der Waals surface area contributed by atoms with E-state index < -0.39 is 0 Å². The lowest BCUT2D eigenvalue weighted by Crippen LogP contribution is -2.27. The van der Waals surface area contributed by atoms with Crippen molar-refractivity contribution in [2.45, 2.75) is 6.42 Å². The Hall–Kier alpha value is -3.07. The predicted octanol–water partition coefficient (Wildman–Crippen LogP) is 2.40. The van der Waals surface area contributed by atoms with E-state index in [1.807, 2.05) is 0 Å². The van der Waals surface area contributed by atoms with Crippen molar-refractivity contribution >= 4 is 39.2 Å². The van der Waals surface area contributed by atoms with Gasteiger partial charge in [-0.3, -0.25) is 9.59 Å². The first kappa shape index (κ1) is 17.7. The zero-order chi connectivity index (χ0) is 18.5. The van der Waals surface area contributed by atoms with Crippen molar-refractivity contribution in [3.8, 4) is 11.5 Å². The second-order valence-electron chi connectivity index (χ2n) is 5.33. The molecule has 0 aliphatic carbocycles. The third-order valence-electron chi connectivity index (χ3n) is 3.72. The van der Waals surface area contributed by atoms with Crippen LogP contribution in [-0.2, 0) is 4.79 Å². The van der Waals surface area contributed by atoms with E-state index in [4.69, 9.17) is 9.47 Å². The standard InChI is InChI=1S/C17H18N4O4S/c1-24-12-3-4-13(25-2)15-10(12)9-11(20-15)16(23)18-6-5-14(22)21-17-19-7-8-26-17/h3-4,7-9,20H,5-6H2,1-2H3,(H,18,23)(H,19,21,22). The minimum Gasteiger partial charge on any atom is -0.496 e. The van der Waals surface area contributed by atoms with Gasteiger partial charge in [0, 0.05) is 29.9 Å². The maximum atomic E-state index is 12.3. The van der Waals surface area contributed by atoms with Crippen molar-refractivity contribution in [1.82, 2.24) is 15.3 Å². The number of nitrogens with one attached hydrogen (secondary N) is 3. The smallest absolute Gasteiger partial charge is 0.267 e. The fourth-order valence-corrected chi connectivity index (χ4v) is 3.03. The number of benzene rings is 1. The molecule has 1 aromatic carbocycles. The van der Waals surface area contributed by atoms with Crippen molar-refractivity contribution in [2.75, 3.05) is 26.1 Å². The van der Waals surface area contributed by atoms with Crippen LogP contribution in [0, 0.1) is 0 Å². The van der Waals surface area contributed by atoms with Crippen LogP contribution in [0.15, 0.2) is 29.8 Å². The number of aromatic amines is 1. The molecule has 2 aromatic heterocycles. The van der Waals surface area contributed by atoms with Gasteiger partial charge in [0.2, 0.25) is 5.91 Å². The van der Waals surface area contributed by atoms with Gasteiger partial charge >= 0.3 is 0 Å². The highest BCUT2D eigenvalue weighted by atomic mass is 32.1. The second kappa shape index (κ2) is 7.87. The average molecular weight is 374 g/mol. The minimum absolute atomic E-state index is 0.151. The summed E-state index contributed by atoms with van der Waals surface area (Å²) in [5, 5.41) is 8.44. The largest absolute Gasteiger partial charge is 0.496 e. The van der Waals surface area contributed by atoms with Crippen LogP contribution in [0.25, 0.3) is 10.9 Å². The van der Waals surface area contributed by atoms with Crippen LogP contribution >= 0.6 is 11.3 Å². The Morgan fingerprint density at radius 3 is 2.69 bits per heavy atom. The first-order valence-electron chi connectivity index (χ1n) is 7.83. The van der Waals surface area contributed by atoms with Gasteiger partial charge in [-0.2, -0.15) is 0 Å². The Labute approximate surface area is 153 Å².